The molecule has 1 aromatic carbocycles. The number of nitrogens with one attached hydrogen (secondary N) is 2. The van der Waals surface area contributed by atoms with E-state index in [0.29, 0.717) is 5.92 Å². The van der Waals surface area contributed by atoms with Crippen LogP contribution in [0.15, 0.2) is 35.7 Å². The van der Waals surface area contributed by atoms with Crippen molar-refractivity contribution in [3.8, 4) is 11.1 Å². The fourth-order valence-electron chi connectivity index (χ4n) is 2.91. The van der Waals surface area contributed by atoms with Crippen LogP contribution in [-0.2, 0) is 0 Å². The molecule has 1 aromatic heterocycles. The van der Waals surface area contributed by atoms with E-state index >= 15 is 0 Å². The number of halogens is 1. The van der Waals surface area contributed by atoms with Crippen molar-refractivity contribution >= 4 is 29.7 Å². The van der Waals surface area contributed by atoms with Crippen LogP contribution in [0.5, 0.6) is 0 Å². The van der Waals surface area contributed by atoms with Gasteiger partial charge in [-0.15, -0.1) is 23.7 Å². The molecule has 5 heteroatoms. The first-order valence-corrected chi connectivity index (χ1v) is 8.69. The zero-order chi connectivity index (χ0) is 15.5. The third kappa shape index (κ3) is 4.14. The summed E-state index contributed by atoms with van der Waals surface area (Å²) in [6, 6.07) is 10.6. The highest BCUT2D eigenvalue weighted by Crippen LogP contribution is 2.29. The van der Waals surface area contributed by atoms with E-state index in [9.17, 15) is 4.79 Å². The number of hydrogen-bond acceptors (Lipinski definition) is 3. The molecule has 1 amide bonds. The van der Waals surface area contributed by atoms with Crippen molar-refractivity contribution in [2.45, 2.75) is 26.3 Å². The van der Waals surface area contributed by atoms with Crippen molar-refractivity contribution < 1.29 is 4.79 Å². The van der Waals surface area contributed by atoms with Crippen LogP contribution in [0, 0.1) is 12.8 Å². The summed E-state index contributed by atoms with van der Waals surface area (Å²) in [6.07, 6.45) is 0.998. The van der Waals surface area contributed by atoms with E-state index in [-0.39, 0.29) is 24.4 Å². The van der Waals surface area contributed by atoms with Crippen LogP contribution in [-0.4, -0.2) is 25.0 Å². The van der Waals surface area contributed by atoms with Gasteiger partial charge in [0.15, 0.2) is 0 Å². The first-order chi connectivity index (χ1) is 10.6. The number of hydrogen-bond donors (Lipinski definition) is 2. The van der Waals surface area contributed by atoms with Gasteiger partial charge in [0.1, 0.15) is 0 Å². The lowest BCUT2D eigenvalue weighted by Crippen LogP contribution is -2.48. The molecular weight excluding hydrogens is 328 g/mol. The first kappa shape index (κ1) is 18.0. The smallest absolute Gasteiger partial charge is 0.262 e. The third-order valence-electron chi connectivity index (χ3n) is 4.34. The molecule has 2 unspecified atom stereocenters. The highest BCUT2D eigenvalue weighted by molar-refractivity contribution is 7.12. The monoisotopic (exact) mass is 350 g/mol. The Morgan fingerprint density at radius 2 is 2.00 bits per heavy atom. The fourth-order valence-corrected chi connectivity index (χ4v) is 3.73. The molecular formula is C18H23ClN2OS. The van der Waals surface area contributed by atoms with Crippen LogP contribution < -0.4 is 10.6 Å². The van der Waals surface area contributed by atoms with Gasteiger partial charge in [-0.25, -0.2) is 0 Å². The topological polar surface area (TPSA) is 41.1 Å². The Morgan fingerprint density at radius 1 is 1.26 bits per heavy atom. The maximum Gasteiger partial charge on any atom is 0.262 e. The molecule has 2 heterocycles. The SMILES string of the molecule is Cc1ccc(-c2ccsc2C(=O)NC2CCNCC2C)cc1.Cl. The normalized spacial score (nSPS) is 20.6. The second-order valence-electron chi connectivity index (χ2n) is 6.08. The minimum Gasteiger partial charge on any atom is -0.348 e. The van der Waals surface area contributed by atoms with Gasteiger partial charge in [-0.3, -0.25) is 4.79 Å². The minimum atomic E-state index is 0. The summed E-state index contributed by atoms with van der Waals surface area (Å²) in [5.41, 5.74) is 3.37. The number of benzene rings is 1. The first-order valence-electron chi connectivity index (χ1n) is 7.81. The van der Waals surface area contributed by atoms with Crippen LogP contribution >= 0.6 is 23.7 Å². The van der Waals surface area contributed by atoms with Crippen molar-refractivity contribution in [3.63, 3.8) is 0 Å². The Morgan fingerprint density at radius 3 is 2.70 bits per heavy atom. The van der Waals surface area contributed by atoms with Gasteiger partial charge >= 0.3 is 0 Å². The zero-order valence-corrected chi connectivity index (χ0v) is 15.1. The number of carbonyl (C=O) groups is 1. The Balaban J connectivity index is 0.00000192. The van der Waals surface area contributed by atoms with Gasteiger partial charge in [-0.1, -0.05) is 36.8 Å². The predicted molar refractivity (Wildman–Crippen MR) is 99.6 cm³/mol. The van der Waals surface area contributed by atoms with Crippen LogP contribution in [0.4, 0.5) is 0 Å². The Hall–Kier alpha value is -1.36. The molecule has 1 fully saturated rings. The highest BCUT2D eigenvalue weighted by atomic mass is 35.5. The van der Waals surface area contributed by atoms with E-state index in [1.165, 1.54) is 16.9 Å². The average molecular weight is 351 g/mol. The molecule has 1 aliphatic rings. The maximum absolute atomic E-state index is 12.7. The van der Waals surface area contributed by atoms with E-state index in [1.807, 2.05) is 11.4 Å². The molecule has 0 bridgehead atoms. The van der Waals surface area contributed by atoms with E-state index in [4.69, 9.17) is 0 Å². The number of carbonyl (C=O) groups excluding carboxylic acids is 1. The Kier molecular flexibility index (Phi) is 6.22. The second-order valence-corrected chi connectivity index (χ2v) is 7.00. The van der Waals surface area contributed by atoms with Crippen molar-refractivity contribution in [2.24, 2.45) is 5.92 Å². The van der Waals surface area contributed by atoms with E-state index in [1.54, 1.807) is 0 Å². The number of aryl methyl sites for hydroxylation is 1. The quantitative estimate of drug-likeness (QED) is 0.882. The number of thiophene rings is 1. The minimum absolute atomic E-state index is 0. The van der Waals surface area contributed by atoms with Crippen LogP contribution in [0.2, 0.25) is 0 Å². The molecule has 23 heavy (non-hydrogen) atoms. The molecule has 3 nitrogen and oxygen atoms in total. The molecule has 0 radical (unpaired) electrons. The summed E-state index contributed by atoms with van der Waals surface area (Å²) < 4.78 is 0. The lowest BCUT2D eigenvalue weighted by Gasteiger charge is -2.30. The summed E-state index contributed by atoms with van der Waals surface area (Å²) in [5, 5.41) is 8.59. The molecule has 124 valence electrons. The number of piperidine rings is 1. The summed E-state index contributed by atoms with van der Waals surface area (Å²) in [6.45, 7) is 6.21. The van der Waals surface area contributed by atoms with Crippen LogP contribution in [0.1, 0.15) is 28.6 Å². The molecule has 2 atom stereocenters. The predicted octanol–water partition coefficient (Wildman–Crippen LogP) is 3.87. The maximum atomic E-state index is 12.7. The van der Waals surface area contributed by atoms with E-state index in [0.717, 1.165) is 35.5 Å². The van der Waals surface area contributed by atoms with Crippen molar-refractivity contribution in [1.29, 1.82) is 0 Å². The molecule has 2 aromatic rings. The van der Waals surface area contributed by atoms with Crippen molar-refractivity contribution in [2.75, 3.05) is 13.1 Å². The summed E-state index contributed by atoms with van der Waals surface area (Å²) in [5.74, 6) is 0.532. The van der Waals surface area contributed by atoms with Gasteiger partial charge in [-0.2, -0.15) is 0 Å². The molecule has 1 saturated heterocycles. The van der Waals surface area contributed by atoms with Crippen LogP contribution in [0.25, 0.3) is 11.1 Å². The van der Waals surface area contributed by atoms with Crippen molar-refractivity contribution in [3.05, 3.63) is 46.2 Å². The number of amides is 1. The van der Waals surface area contributed by atoms with Gasteiger partial charge in [-0.05, 0) is 49.4 Å². The molecule has 0 aliphatic carbocycles. The Labute approximate surface area is 147 Å². The summed E-state index contributed by atoms with van der Waals surface area (Å²) in [7, 11) is 0. The molecule has 0 saturated carbocycles. The highest BCUT2D eigenvalue weighted by Gasteiger charge is 2.24. The van der Waals surface area contributed by atoms with Gasteiger partial charge in [0.05, 0.1) is 4.88 Å². The molecule has 0 spiro atoms. The average Bonchev–Trinajstić information content (AvgIpc) is 3.00. The Bertz CT molecular complexity index is 653. The molecule has 3 rings (SSSR count). The molecule has 2 N–H and O–H groups in total. The molecule has 1 aliphatic heterocycles. The standard InChI is InChI=1S/C18H22N2OS.ClH/c1-12-3-5-14(6-4-12)15-8-10-22-17(15)18(21)20-16-7-9-19-11-13(16)2;/h3-6,8,10,13,16,19H,7,9,11H2,1-2H3,(H,20,21);1H. The number of rotatable bonds is 3. The largest absolute Gasteiger partial charge is 0.348 e. The summed E-state index contributed by atoms with van der Waals surface area (Å²) >= 11 is 1.52. The fraction of sp³-hybridized carbons (Fsp3) is 0.389. The third-order valence-corrected chi connectivity index (χ3v) is 5.25. The van der Waals surface area contributed by atoms with Gasteiger partial charge < -0.3 is 10.6 Å². The lowest BCUT2D eigenvalue weighted by molar-refractivity contribution is 0.0919. The van der Waals surface area contributed by atoms with Crippen molar-refractivity contribution in [1.82, 2.24) is 10.6 Å². The van der Waals surface area contributed by atoms with Gasteiger partial charge in [0, 0.05) is 11.6 Å². The van der Waals surface area contributed by atoms with Crippen LogP contribution in [0.3, 0.4) is 0 Å². The summed E-state index contributed by atoms with van der Waals surface area (Å²) in [4.78, 5) is 13.5. The lowest BCUT2D eigenvalue weighted by atomic mass is 9.95. The van der Waals surface area contributed by atoms with Gasteiger partial charge in [0.25, 0.3) is 5.91 Å². The second kappa shape index (κ2) is 7.95. The van der Waals surface area contributed by atoms with E-state index in [2.05, 4.69) is 48.7 Å². The van der Waals surface area contributed by atoms with E-state index < -0.39 is 0 Å². The van der Waals surface area contributed by atoms with Gasteiger partial charge in [0.2, 0.25) is 0 Å². The zero-order valence-electron chi connectivity index (χ0n) is 13.5.